The van der Waals surface area contributed by atoms with Crippen LogP contribution in [0.2, 0.25) is 10.0 Å². The molecule has 2 aromatic carbocycles. The molecule has 0 fully saturated rings. The molecule has 0 aliphatic carbocycles. The van der Waals surface area contributed by atoms with Crippen LogP contribution in [0.5, 0.6) is 0 Å². The number of amides is 2. The fourth-order valence-corrected chi connectivity index (χ4v) is 5.08. The maximum atomic E-state index is 13.2. The third-order valence-electron chi connectivity index (χ3n) is 5.34. The first kappa shape index (κ1) is 29.1. The van der Waals surface area contributed by atoms with Gasteiger partial charge >= 0.3 is 0 Å². The van der Waals surface area contributed by atoms with E-state index in [1.165, 1.54) is 28.4 Å². The molecule has 0 aliphatic rings. The fourth-order valence-electron chi connectivity index (χ4n) is 3.38. The minimum atomic E-state index is -3.65. The molecule has 0 spiro atoms. The molecule has 7 nitrogen and oxygen atoms in total. The minimum Gasteiger partial charge on any atom is -0.350 e. The highest BCUT2D eigenvalue weighted by Gasteiger charge is 2.29. The second-order valence-electron chi connectivity index (χ2n) is 9.42. The molecule has 0 radical (unpaired) electrons. The van der Waals surface area contributed by atoms with Crippen molar-refractivity contribution >= 4 is 45.0 Å². The number of carbonyl (C=O) groups is 2. The van der Waals surface area contributed by atoms with Crippen molar-refractivity contribution < 1.29 is 18.0 Å². The molecule has 2 aromatic rings. The molecule has 0 saturated heterocycles. The molecule has 0 aliphatic heterocycles. The zero-order valence-corrected chi connectivity index (χ0v) is 23.0. The van der Waals surface area contributed by atoms with Gasteiger partial charge in [-0.25, -0.2) is 12.7 Å². The van der Waals surface area contributed by atoms with Gasteiger partial charge in [-0.1, -0.05) is 47.5 Å². The van der Waals surface area contributed by atoms with E-state index in [0.29, 0.717) is 22.0 Å². The molecular weight excluding hydrogens is 509 g/mol. The third kappa shape index (κ3) is 8.49. The molecule has 0 bridgehead atoms. The average molecular weight is 543 g/mol. The Morgan fingerprint density at radius 3 is 2.26 bits per heavy atom. The maximum absolute atomic E-state index is 13.2. The topological polar surface area (TPSA) is 86.8 Å². The first-order valence-electron chi connectivity index (χ1n) is 11.3. The predicted octanol–water partition coefficient (Wildman–Crippen LogP) is 4.73. The summed E-state index contributed by atoms with van der Waals surface area (Å²) in [6.07, 6.45) is 0.354. The molecule has 192 valence electrons. The lowest BCUT2D eigenvalue weighted by atomic mass is 10.1. The van der Waals surface area contributed by atoms with Gasteiger partial charge < -0.3 is 10.2 Å². The van der Waals surface area contributed by atoms with Crippen molar-refractivity contribution in [2.45, 2.75) is 63.6 Å². The Hall–Kier alpha value is -2.13. The Labute approximate surface area is 218 Å². The first-order chi connectivity index (χ1) is 16.2. The maximum Gasteiger partial charge on any atom is 0.242 e. The molecule has 2 amide bonds. The van der Waals surface area contributed by atoms with Crippen molar-refractivity contribution in [3.8, 4) is 0 Å². The van der Waals surface area contributed by atoms with Crippen LogP contribution in [-0.4, -0.2) is 54.6 Å². The van der Waals surface area contributed by atoms with Crippen LogP contribution >= 0.6 is 23.2 Å². The Kier molecular flexibility index (Phi) is 10.2. The zero-order valence-electron chi connectivity index (χ0n) is 20.7. The van der Waals surface area contributed by atoms with E-state index in [9.17, 15) is 18.0 Å². The molecule has 0 heterocycles. The summed E-state index contributed by atoms with van der Waals surface area (Å²) in [5.41, 5.74) is 0.190. The van der Waals surface area contributed by atoms with E-state index in [0.717, 1.165) is 0 Å². The number of sulfonamides is 1. The highest BCUT2D eigenvalue weighted by Crippen LogP contribution is 2.24. The second kappa shape index (κ2) is 12.2. The third-order valence-corrected chi connectivity index (χ3v) is 7.79. The predicted molar refractivity (Wildman–Crippen MR) is 140 cm³/mol. The van der Waals surface area contributed by atoms with Crippen molar-refractivity contribution in [1.29, 1.82) is 0 Å². The normalized spacial score (nSPS) is 12.9. The SMILES string of the molecule is C[C@@H](C(=O)NC(C)(C)C)N(Cc1ccc(Cl)cc1Cl)C(=O)CCCN(C)S(=O)(=O)c1ccccc1. The smallest absolute Gasteiger partial charge is 0.242 e. The molecule has 35 heavy (non-hydrogen) atoms. The minimum absolute atomic E-state index is 0.0625. The average Bonchev–Trinajstić information content (AvgIpc) is 2.77. The molecule has 0 saturated carbocycles. The van der Waals surface area contributed by atoms with E-state index >= 15 is 0 Å². The second-order valence-corrected chi connectivity index (χ2v) is 12.3. The van der Waals surface area contributed by atoms with Crippen molar-refractivity contribution in [1.82, 2.24) is 14.5 Å². The van der Waals surface area contributed by atoms with Gasteiger partial charge in [-0.05, 0) is 63.9 Å². The lowest BCUT2D eigenvalue weighted by Crippen LogP contribution is -2.52. The van der Waals surface area contributed by atoms with Gasteiger partial charge in [0.1, 0.15) is 6.04 Å². The highest BCUT2D eigenvalue weighted by atomic mass is 35.5. The van der Waals surface area contributed by atoms with Crippen LogP contribution in [0.3, 0.4) is 0 Å². The van der Waals surface area contributed by atoms with Gasteiger partial charge in [-0.3, -0.25) is 9.59 Å². The summed E-state index contributed by atoms with van der Waals surface area (Å²) in [5.74, 6) is -0.571. The molecular formula is C25H33Cl2N3O4S. The number of nitrogens with one attached hydrogen (secondary N) is 1. The quantitative estimate of drug-likeness (QED) is 0.471. The Balaban J connectivity index is 2.14. The van der Waals surface area contributed by atoms with Crippen LogP contribution in [0.4, 0.5) is 0 Å². The number of hydrogen-bond donors (Lipinski definition) is 1. The molecule has 0 unspecified atom stereocenters. The Morgan fingerprint density at radius 2 is 1.69 bits per heavy atom. The van der Waals surface area contributed by atoms with Gasteiger partial charge in [0, 0.05) is 42.1 Å². The van der Waals surface area contributed by atoms with E-state index in [-0.39, 0.29) is 36.2 Å². The summed E-state index contributed by atoms with van der Waals surface area (Å²) < 4.78 is 26.7. The zero-order chi connectivity index (χ0) is 26.4. The van der Waals surface area contributed by atoms with Gasteiger partial charge in [-0.2, -0.15) is 0 Å². The Bertz CT molecular complexity index is 1140. The molecule has 10 heteroatoms. The van der Waals surface area contributed by atoms with E-state index in [1.54, 1.807) is 43.3 Å². The standard InChI is InChI=1S/C25H33Cl2N3O4S/c1-18(24(32)28-25(2,3)4)30(17-19-13-14-20(26)16-22(19)27)23(31)12-9-15-29(5)35(33,34)21-10-7-6-8-11-21/h6-8,10-11,13-14,16,18H,9,12,15,17H2,1-5H3,(H,28,32)/t18-/m0/s1. The monoisotopic (exact) mass is 541 g/mol. The van der Waals surface area contributed by atoms with E-state index in [1.807, 2.05) is 20.8 Å². The number of halogens is 2. The summed E-state index contributed by atoms with van der Waals surface area (Å²) in [5, 5.41) is 3.77. The van der Waals surface area contributed by atoms with Gasteiger partial charge in [0.25, 0.3) is 0 Å². The first-order valence-corrected chi connectivity index (χ1v) is 13.5. The number of hydrogen-bond acceptors (Lipinski definition) is 4. The number of rotatable bonds is 10. The van der Waals surface area contributed by atoms with Gasteiger partial charge in [0.15, 0.2) is 0 Å². The summed E-state index contributed by atoms with van der Waals surface area (Å²) in [6, 6.07) is 12.4. The van der Waals surface area contributed by atoms with Crippen LogP contribution in [0.15, 0.2) is 53.4 Å². The largest absolute Gasteiger partial charge is 0.350 e. The van der Waals surface area contributed by atoms with Crippen LogP contribution in [0, 0.1) is 0 Å². The van der Waals surface area contributed by atoms with Crippen molar-refractivity contribution in [3.05, 3.63) is 64.1 Å². The molecule has 1 N–H and O–H groups in total. The van der Waals surface area contributed by atoms with Crippen LogP contribution < -0.4 is 5.32 Å². The van der Waals surface area contributed by atoms with Gasteiger partial charge in [-0.15, -0.1) is 0 Å². The molecule has 1 atom stereocenters. The Morgan fingerprint density at radius 1 is 1.06 bits per heavy atom. The van der Waals surface area contributed by atoms with Crippen molar-refractivity contribution in [2.24, 2.45) is 0 Å². The van der Waals surface area contributed by atoms with Crippen LogP contribution in [-0.2, 0) is 26.2 Å². The lowest BCUT2D eigenvalue weighted by molar-refractivity contribution is -0.141. The fraction of sp³-hybridized carbons (Fsp3) is 0.440. The summed E-state index contributed by atoms with van der Waals surface area (Å²) in [4.78, 5) is 27.8. The number of nitrogens with zero attached hydrogens (tertiary/aromatic N) is 2. The number of carbonyl (C=O) groups excluding carboxylic acids is 2. The van der Waals surface area contributed by atoms with Crippen LogP contribution in [0.25, 0.3) is 0 Å². The van der Waals surface area contributed by atoms with E-state index < -0.39 is 21.6 Å². The molecule has 0 aromatic heterocycles. The van der Waals surface area contributed by atoms with Gasteiger partial charge in [0.2, 0.25) is 21.8 Å². The lowest BCUT2D eigenvalue weighted by Gasteiger charge is -2.32. The van der Waals surface area contributed by atoms with Crippen molar-refractivity contribution in [2.75, 3.05) is 13.6 Å². The van der Waals surface area contributed by atoms with Gasteiger partial charge in [0.05, 0.1) is 4.90 Å². The van der Waals surface area contributed by atoms with Crippen LogP contribution in [0.1, 0.15) is 46.1 Å². The van der Waals surface area contributed by atoms with Crippen molar-refractivity contribution in [3.63, 3.8) is 0 Å². The van der Waals surface area contributed by atoms with E-state index in [2.05, 4.69) is 5.32 Å². The van der Waals surface area contributed by atoms with E-state index in [4.69, 9.17) is 23.2 Å². The number of benzene rings is 2. The summed E-state index contributed by atoms with van der Waals surface area (Å²) in [6.45, 7) is 7.52. The summed E-state index contributed by atoms with van der Waals surface area (Å²) in [7, 11) is -2.17. The summed E-state index contributed by atoms with van der Waals surface area (Å²) >= 11 is 12.3. The molecule has 2 rings (SSSR count). The highest BCUT2D eigenvalue weighted by molar-refractivity contribution is 7.89.